The highest BCUT2D eigenvalue weighted by molar-refractivity contribution is 5.81. The van der Waals surface area contributed by atoms with Crippen LogP contribution in [0.25, 0.3) is 0 Å². The summed E-state index contributed by atoms with van der Waals surface area (Å²) in [7, 11) is 0. The van der Waals surface area contributed by atoms with Crippen molar-refractivity contribution in [1.82, 2.24) is 15.5 Å². The number of hydrogen-bond donors (Lipinski definition) is 2. The number of rotatable bonds is 1. The van der Waals surface area contributed by atoms with E-state index in [9.17, 15) is 9.59 Å². The molecule has 3 fully saturated rings. The summed E-state index contributed by atoms with van der Waals surface area (Å²) in [6.07, 6.45) is 2.47. The number of amides is 2. The SMILES string of the molecule is O=C1CCC2CN(C(=O)C3CNC3)CCC2N1. The minimum absolute atomic E-state index is 0.175. The van der Waals surface area contributed by atoms with Crippen LogP contribution in [-0.2, 0) is 9.59 Å². The zero-order valence-corrected chi connectivity index (χ0v) is 9.95. The van der Waals surface area contributed by atoms with Gasteiger partial charge in [-0.2, -0.15) is 0 Å². The van der Waals surface area contributed by atoms with Crippen molar-refractivity contribution in [2.24, 2.45) is 11.8 Å². The number of hydrogen-bond acceptors (Lipinski definition) is 3. The molecule has 0 aromatic carbocycles. The van der Waals surface area contributed by atoms with Crippen molar-refractivity contribution in [3.05, 3.63) is 0 Å². The Morgan fingerprint density at radius 1 is 1.29 bits per heavy atom. The molecule has 5 heteroatoms. The van der Waals surface area contributed by atoms with Gasteiger partial charge >= 0.3 is 0 Å². The molecule has 0 aromatic rings. The van der Waals surface area contributed by atoms with Gasteiger partial charge in [0.2, 0.25) is 11.8 Å². The quantitative estimate of drug-likeness (QED) is 0.636. The summed E-state index contributed by atoms with van der Waals surface area (Å²) in [5, 5.41) is 6.18. The van der Waals surface area contributed by atoms with E-state index in [-0.39, 0.29) is 11.8 Å². The fourth-order valence-corrected chi connectivity index (χ4v) is 3.03. The van der Waals surface area contributed by atoms with Gasteiger partial charge in [0.1, 0.15) is 0 Å². The highest BCUT2D eigenvalue weighted by Crippen LogP contribution is 2.26. The molecule has 3 heterocycles. The lowest BCUT2D eigenvalue weighted by Crippen LogP contribution is -2.58. The second kappa shape index (κ2) is 4.29. The monoisotopic (exact) mass is 237 g/mol. The maximum atomic E-state index is 12.1. The van der Waals surface area contributed by atoms with Gasteiger partial charge in [-0.15, -0.1) is 0 Å². The Balaban J connectivity index is 1.60. The van der Waals surface area contributed by atoms with Crippen LogP contribution in [0.4, 0.5) is 0 Å². The van der Waals surface area contributed by atoms with Gasteiger partial charge in [0.05, 0.1) is 5.92 Å². The molecule has 3 saturated heterocycles. The zero-order valence-electron chi connectivity index (χ0n) is 9.95. The third-order valence-electron chi connectivity index (χ3n) is 4.26. The molecule has 3 aliphatic heterocycles. The Labute approximate surface area is 101 Å². The first-order chi connectivity index (χ1) is 8.24. The number of carbonyl (C=O) groups is 2. The van der Waals surface area contributed by atoms with Crippen molar-refractivity contribution in [2.45, 2.75) is 25.3 Å². The molecule has 3 rings (SSSR count). The van der Waals surface area contributed by atoms with E-state index in [0.717, 1.165) is 39.0 Å². The Hall–Kier alpha value is -1.10. The third-order valence-corrected chi connectivity index (χ3v) is 4.26. The normalized spacial score (nSPS) is 33.6. The van der Waals surface area contributed by atoms with Gasteiger partial charge in [-0.05, 0) is 18.8 Å². The summed E-state index contributed by atoms with van der Waals surface area (Å²) in [5.74, 6) is 1.15. The lowest BCUT2D eigenvalue weighted by Gasteiger charge is -2.43. The summed E-state index contributed by atoms with van der Waals surface area (Å²) < 4.78 is 0. The summed E-state index contributed by atoms with van der Waals surface area (Å²) in [6, 6.07) is 0.305. The molecule has 0 aliphatic carbocycles. The van der Waals surface area contributed by atoms with E-state index in [1.165, 1.54) is 0 Å². The maximum absolute atomic E-state index is 12.1. The minimum atomic E-state index is 0.175. The molecule has 0 bridgehead atoms. The first-order valence-electron chi connectivity index (χ1n) is 6.53. The van der Waals surface area contributed by atoms with Gasteiger partial charge in [0, 0.05) is 38.6 Å². The number of carbonyl (C=O) groups excluding carboxylic acids is 2. The number of piperidine rings is 2. The Morgan fingerprint density at radius 2 is 2.12 bits per heavy atom. The molecule has 3 aliphatic rings. The van der Waals surface area contributed by atoms with Crippen molar-refractivity contribution in [3.8, 4) is 0 Å². The van der Waals surface area contributed by atoms with Crippen molar-refractivity contribution >= 4 is 11.8 Å². The van der Waals surface area contributed by atoms with Gasteiger partial charge in [-0.25, -0.2) is 0 Å². The molecule has 2 N–H and O–H groups in total. The Morgan fingerprint density at radius 3 is 2.82 bits per heavy atom. The summed E-state index contributed by atoms with van der Waals surface area (Å²) in [4.78, 5) is 25.4. The molecule has 0 saturated carbocycles. The van der Waals surface area contributed by atoms with Crippen LogP contribution in [0.2, 0.25) is 0 Å². The average Bonchev–Trinajstić information content (AvgIpc) is 2.26. The van der Waals surface area contributed by atoms with Gasteiger partial charge < -0.3 is 15.5 Å². The molecule has 0 radical (unpaired) electrons. The van der Waals surface area contributed by atoms with Crippen molar-refractivity contribution in [1.29, 1.82) is 0 Å². The molecule has 2 atom stereocenters. The number of likely N-dealkylation sites (tertiary alicyclic amines) is 1. The molecule has 2 amide bonds. The van der Waals surface area contributed by atoms with E-state index < -0.39 is 0 Å². The van der Waals surface area contributed by atoms with Crippen molar-refractivity contribution < 1.29 is 9.59 Å². The predicted molar refractivity (Wildman–Crippen MR) is 62.2 cm³/mol. The molecular weight excluding hydrogens is 218 g/mol. The van der Waals surface area contributed by atoms with E-state index in [1.54, 1.807) is 0 Å². The van der Waals surface area contributed by atoms with Crippen molar-refractivity contribution in [2.75, 3.05) is 26.2 Å². The van der Waals surface area contributed by atoms with Crippen LogP contribution in [0, 0.1) is 11.8 Å². The molecule has 0 aromatic heterocycles. The van der Waals surface area contributed by atoms with Crippen LogP contribution in [-0.4, -0.2) is 48.9 Å². The number of nitrogens with zero attached hydrogens (tertiary/aromatic N) is 1. The molecule has 2 unspecified atom stereocenters. The van der Waals surface area contributed by atoms with Crippen LogP contribution in [0.15, 0.2) is 0 Å². The van der Waals surface area contributed by atoms with Gasteiger partial charge in [-0.3, -0.25) is 9.59 Å². The van der Waals surface area contributed by atoms with E-state index in [1.807, 2.05) is 4.90 Å². The van der Waals surface area contributed by atoms with Crippen LogP contribution in [0.5, 0.6) is 0 Å². The summed E-state index contributed by atoms with van der Waals surface area (Å²) in [5.41, 5.74) is 0. The zero-order chi connectivity index (χ0) is 11.8. The molecular formula is C12H19N3O2. The topological polar surface area (TPSA) is 61.4 Å². The minimum Gasteiger partial charge on any atom is -0.353 e. The van der Waals surface area contributed by atoms with E-state index in [0.29, 0.717) is 24.3 Å². The second-order valence-electron chi connectivity index (χ2n) is 5.40. The summed E-state index contributed by atoms with van der Waals surface area (Å²) in [6.45, 7) is 3.30. The smallest absolute Gasteiger partial charge is 0.228 e. The van der Waals surface area contributed by atoms with Gasteiger partial charge in [-0.1, -0.05) is 0 Å². The number of fused-ring (bicyclic) bond motifs is 1. The van der Waals surface area contributed by atoms with E-state index in [2.05, 4.69) is 10.6 Å². The lowest BCUT2D eigenvalue weighted by molar-refractivity contribution is -0.140. The largest absolute Gasteiger partial charge is 0.353 e. The van der Waals surface area contributed by atoms with E-state index in [4.69, 9.17) is 0 Å². The highest BCUT2D eigenvalue weighted by Gasteiger charge is 2.37. The molecule has 0 spiro atoms. The van der Waals surface area contributed by atoms with E-state index >= 15 is 0 Å². The second-order valence-corrected chi connectivity index (χ2v) is 5.40. The fourth-order valence-electron chi connectivity index (χ4n) is 3.03. The van der Waals surface area contributed by atoms with Crippen LogP contribution in [0.3, 0.4) is 0 Å². The highest BCUT2D eigenvalue weighted by atomic mass is 16.2. The molecule has 17 heavy (non-hydrogen) atoms. The van der Waals surface area contributed by atoms with Gasteiger partial charge in [0.15, 0.2) is 0 Å². The molecule has 5 nitrogen and oxygen atoms in total. The average molecular weight is 237 g/mol. The predicted octanol–water partition coefficient (Wildman–Crippen LogP) is -0.667. The lowest BCUT2D eigenvalue weighted by atomic mass is 9.84. The first kappa shape index (κ1) is 11.0. The fraction of sp³-hybridized carbons (Fsp3) is 0.833. The number of nitrogens with one attached hydrogen (secondary N) is 2. The summed E-state index contributed by atoms with van der Waals surface area (Å²) >= 11 is 0. The van der Waals surface area contributed by atoms with Crippen LogP contribution in [0.1, 0.15) is 19.3 Å². The van der Waals surface area contributed by atoms with Gasteiger partial charge in [0.25, 0.3) is 0 Å². The maximum Gasteiger partial charge on any atom is 0.228 e. The van der Waals surface area contributed by atoms with Crippen molar-refractivity contribution in [3.63, 3.8) is 0 Å². The standard InChI is InChI=1S/C12H19N3O2/c16-11-2-1-8-7-15(4-3-10(8)14-11)12(17)9-5-13-6-9/h8-10,13H,1-7H2,(H,14,16). The third kappa shape index (κ3) is 2.04. The molecule has 94 valence electrons. The Bertz CT molecular complexity index is 341. The van der Waals surface area contributed by atoms with Crippen LogP contribution < -0.4 is 10.6 Å². The van der Waals surface area contributed by atoms with Crippen LogP contribution >= 0.6 is 0 Å². The first-order valence-corrected chi connectivity index (χ1v) is 6.53. The Kier molecular flexibility index (Phi) is 2.78.